The number of carbonyl (C=O) groups is 5. The van der Waals surface area contributed by atoms with E-state index in [1.54, 1.807) is 48.5 Å². The summed E-state index contributed by atoms with van der Waals surface area (Å²) >= 11 is 1.26. The third kappa shape index (κ3) is 8.94. The molecule has 2 bridgehead atoms. The maximum absolute atomic E-state index is 12.8. The number of carbonyl (C=O) groups excluding carboxylic acids is 5. The van der Waals surface area contributed by atoms with E-state index in [0.717, 1.165) is 49.8 Å². The van der Waals surface area contributed by atoms with Crippen LogP contribution in [0.4, 0.5) is 0 Å². The maximum Gasteiger partial charge on any atom is 0.363 e. The van der Waals surface area contributed by atoms with Crippen LogP contribution in [-0.2, 0) is 36.6 Å². The van der Waals surface area contributed by atoms with Gasteiger partial charge in [-0.2, -0.15) is 0 Å². The van der Waals surface area contributed by atoms with Crippen LogP contribution >= 0.6 is 12.2 Å². The molecule has 12 heteroatoms. The van der Waals surface area contributed by atoms with Crippen molar-refractivity contribution in [1.29, 1.82) is 0 Å². The van der Waals surface area contributed by atoms with Crippen molar-refractivity contribution in [2.24, 2.45) is 23.7 Å². The van der Waals surface area contributed by atoms with Crippen LogP contribution in [-0.4, -0.2) is 59.2 Å². The van der Waals surface area contributed by atoms with Gasteiger partial charge >= 0.3 is 11.9 Å². The summed E-state index contributed by atoms with van der Waals surface area (Å²) < 4.78 is 13.1. The molecule has 1 aliphatic heterocycles. The lowest BCUT2D eigenvalue weighted by molar-refractivity contribution is -0.175. The van der Waals surface area contributed by atoms with Gasteiger partial charge in [0.15, 0.2) is 0 Å². The van der Waals surface area contributed by atoms with Gasteiger partial charge in [-0.1, -0.05) is 67.5 Å². The Morgan fingerprint density at radius 2 is 1.33 bits per heavy atom. The zero-order valence-electron chi connectivity index (χ0n) is 28.4. The minimum Gasteiger partial charge on any atom is -0.457 e. The molecule has 3 aromatic rings. The second-order valence-electron chi connectivity index (χ2n) is 13.0. The zero-order chi connectivity index (χ0) is 35.7. The molecule has 1 heterocycles. The van der Waals surface area contributed by atoms with Crippen molar-refractivity contribution < 1.29 is 37.7 Å². The molecule has 3 aliphatic rings. The first-order valence-electron chi connectivity index (χ1n) is 17.3. The quantitative estimate of drug-likeness (QED) is 0.0449. The number of nitrogens with zero attached hydrogens (tertiary/aromatic N) is 2. The second-order valence-corrected chi connectivity index (χ2v) is 14.1. The number of nitrogens with one attached hydrogen (secondary N) is 1. The number of benzene rings is 3. The SMILES string of the molecule is CN(CCCCCCNC(=O)c1ccc(C(=O)OCc2ccccc2)cc1)SOCc1ccc(C(=O)ON2C(=O)C3C4C=CC(C4)C3C2=O)cc1. The fourth-order valence-corrected chi connectivity index (χ4v) is 7.31. The molecule has 4 unspecified atom stereocenters. The van der Waals surface area contributed by atoms with Gasteiger partial charge in [-0.3, -0.25) is 18.6 Å². The van der Waals surface area contributed by atoms with Gasteiger partial charge in [0.2, 0.25) is 0 Å². The van der Waals surface area contributed by atoms with E-state index in [1.165, 1.54) is 12.2 Å². The molecule has 1 saturated heterocycles. The Labute approximate surface area is 301 Å². The van der Waals surface area contributed by atoms with Crippen molar-refractivity contribution in [1.82, 2.24) is 14.7 Å². The summed E-state index contributed by atoms with van der Waals surface area (Å²) in [6, 6.07) is 22.6. The number of hydrogen-bond acceptors (Lipinski definition) is 10. The van der Waals surface area contributed by atoms with E-state index >= 15 is 0 Å². The molecule has 0 aromatic heterocycles. The smallest absolute Gasteiger partial charge is 0.363 e. The third-order valence-electron chi connectivity index (χ3n) is 9.48. The van der Waals surface area contributed by atoms with Crippen molar-refractivity contribution in [2.45, 2.75) is 45.3 Å². The first-order chi connectivity index (χ1) is 24.8. The highest BCUT2D eigenvalue weighted by atomic mass is 32.2. The Hall–Kier alpha value is -4.78. The number of fused-ring (bicyclic) bond motifs is 5. The highest BCUT2D eigenvalue weighted by Crippen LogP contribution is 2.52. The van der Waals surface area contributed by atoms with Gasteiger partial charge in [-0.25, -0.2) is 13.9 Å². The number of amides is 3. The fraction of sp³-hybridized carbons (Fsp3) is 0.359. The van der Waals surface area contributed by atoms with Crippen LogP contribution in [0.25, 0.3) is 0 Å². The Morgan fingerprint density at radius 3 is 2.02 bits per heavy atom. The number of imide groups is 1. The zero-order valence-corrected chi connectivity index (χ0v) is 29.2. The van der Waals surface area contributed by atoms with Gasteiger partial charge in [0.25, 0.3) is 17.7 Å². The Balaban J connectivity index is 0.797. The van der Waals surface area contributed by atoms with Crippen LogP contribution in [0, 0.1) is 23.7 Å². The summed E-state index contributed by atoms with van der Waals surface area (Å²) in [7, 11) is 1.95. The van der Waals surface area contributed by atoms with Crippen LogP contribution in [0.5, 0.6) is 0 Å². The van der Waals surface area contributed by atoms with E-state index in [-0.39, 0.29) is 29.9 Å². The number of rotatable bonds is 17. The fourth-order valence-electron chi connectivity index (χ4n) is 6.74. The molecular weight excluding hydrogens is 671 g/mol. The number of unbranched alkanes of at least 4 members (excludes halogenated alkanes) is 3. The summed E-state index contributed by atoms with van der Waals surface area (Å²) in [6.07, 6.45) is 8.61. The maximum atomic E-state index is 12.8. The first-order valence-corrected chi connectivity index (χ1v) is 18.0. The van der Waals surface area contributed by atoms with Gasteiger partial charge in [-0.05, 0) is 85.7 Å². The summed E-state index contributed by atoms with van der Waals surface area (Å²) in [4.78, 5) is 68.3. The van der Waals surface area contributed by atoms with E-state index in [1.807, 2.05) is 53.8 Å². The standard InChI is InChI=1S/C39H41N3O8S/c1-41(22-8-3-2-7-21-40-35(43)28-15-17-29(18-16-28)38(46)48-24-26-9-5-4-6-10-26)51-49-25-27-11-13-30(14-12-27)39(47)50-42-36(44)33-31-19-20-32(23-31)34(33)37(42)45/h4-6,9-20,31-34H,2-3,7-8,21-25H2,1H3,(H,40,43). The van der Waals surface area contributed by atoms with Crippen LogP contribution in [0.2, 0.25) is 0 Å². The van der Waals surface area contributed by atoms with Crippen molar-refractivity contribution in [2.75, 3.05) is 20.1 Å². The summed E-state index contributed by atoms with van der Waals surface area (Å²) in [6.45, 7) is 1.92. The number of esters is 1. The van der Waals surface area contributed by atoms with Crippen molar-refractivity contribution in [3.8, 4) is 0 Å². The Kier molecular flexibility index (Phi) is 12.0. The molecule has 6 rings (SSSR count). The molecule has 0 radical (unpaired) electrons. The summed E-state index contributed by atoms with van der Waals surface area (Å²) in [5.74, 6) is -2.94. The average Bonchev–Trinajstić information content (AvgIpc) is 3.84. The summed E-state index contributed by atoms with van der Waals surface area (Å²) in [5.41, 5.74) is 2.90. The predicted octanol–water partition coefficient (Wildman–Crippen LogP) is 5.92. The van der Waals surface area contributed by atoms with Gasteiger partial charge < -0.3 is 14.9 Å². The Bertz CT molecular complexity index is 1720. The van der Waals surface area contributed by atoms with Gasteiger partial charge in [0.1, 0.15) is 6.61 Å². The number of hydroxylamine groups is 2. The van der Waals surface area contributed by atoms with Crippen molar-refractivity contribution in [3.05, 3.63) is 119 Å². The lowest BCUT2D eigenvalue weighted by Crippen LogP contribution is -2.35. The van der Waals surface area contributed by atoms with Crippen molar-refractivity contribution in [3.63, 3.8) is 0 Å². The predicted molar refractivity (Wildman–Crippen MR) is 189 cm³/mol. The molecule has 266 valence electrons. The minimum absolute atomic E-state index is 0.0485. The molecule has 11 nitrogen and oxygen atoms in total. The molecule has 2 aliphatic carbocycles. The number of allylic oxidation sites excluding steroid dienone is 2. The number of ether oxygens (including phenoxy) is 1. The average molecular weight is 712 g/mol. The molecule has 1 N–H and O–H groups in total. The van der Waals surface area contributed by atoms with Crippen molar-refractivity contribution >= 4 is 41.9 Å². The van der Waals surface area contributed by atoms with Crippen LogP contribution in [0.1, 0.15) is 74.3 Å². The molecule has 51 heavy (non-hydrogen) atoms. The molecule has 3 amide bonds. The summed E-state index contributed by atoms with van der Waals surface area (Å²) in [5, 5.41) is 3.60. The molecule has 2 fully saturated rings. The topological polar surface area (TPSA) is 132 Å². The lowest BCUT2D eigenvalue weighted by atomic mass is 9.85. The first kappa shape index (κ1) is 36.0. The molecule has 0 spiro atoms. The van der Waals surface area contributed by atoms with E-state index in [0.29, 0.717) is 29.3 Å². The van der Waals surface area contributed by atoms with E-state index in [4.69, 9.17) is 13.8 Å². The highest BCUT2D eigenvalue weighted by Gasteiger charge is 2.60. The van der Waals surface area contributed by atoms with E-state index in [9.17, 15) is 24.0 Å². The van der Waals surface area contributed by atoms with Crippen LogP contribution in [0.15, 0.2) is 91.0 Å². The third-order valence-corrected chi connectivity index (χ3v) is 10.1. The lowest BCUT2D eigenvalue weighted by Gasteiger charge is -2.16. The van der Waals surface area contributed by atoms with Gasteiger partial charge in [0.05, 0.1) is 41.8 Å². The minimum atomic E-state index is -0.744. The monoisotopic (exact) mass is 711 g/mol. The van der Waals surface area contributed by atoms with Crippen LogP contribution < -0.4 is 5.32 Å². The number of hydrogen-bond donors (Lipinski definition) is 1. The molecular formula is C39H41N3O8S. The molecule has 1 saturated carbocycles. The Morgan fingerprint density at radius 1 is 0.745 bits per heavy atom. The molecule has 3 aromatic carbocycles. The van der Waals surface area contributed by atoms with E-state index in [2.05, 4.69) is 5.32 Å². The van der Waals surface area contributed by atoms with E-state index < -0.39 is 35.6 Å². The van der Waals surface area contributed by atoms with Gasteiger partial charge in [-0.15, -0.1) is 5.06 Å². The molecule has 4 atom stereocenters. The normalized spacial score (nSPS) is 20.2. The van der Waals surface area contributed by atoms with Crippen LogP contribution in [0.3, 0.4) is 0 Å². The highest BCUT2D eigenvalue weighted by molar-refractivity contribution is 7.92. The second kappa shape index (κ2) is 17.0. The van der Waals surface area contributed by atoms with Gasteiger partial charge in [0, 0.05) is 18.7 Å². The largest absolute Gasteiger partial charge is 0.457 e.